The van der Waals surface area contributed by atoms with Crippen molar-refractivity contribution in [3.05, 3.63) is 17.8 Å². The number of aromatic nitrogens is 1. The van der Waals surface area contributed by atoms with Crippen LogP contribution in [0.2, 0.25) is 0 Å². The van der Waals surface area contributed by atoms with Crippen molar-refractivity contribution in [2.75, 3.05) is 30.5 Å². The van der Waals surface area contributed by atoms with Crippen LogP contribution >= 0.6 is 0 Å². The molecule has 0 aromatic carbocycles. The molecule has 0 amide bonds. The zero-order valence-corrected chi connectivity index (χ0v) is 11.9. The maximum Gasteiger partial charge on any atom is 0.340 e. The lowest BCUT2D eigenvalue weighted by Crippen LogP contribution is -2.25. The molecule has 1 atom stereocenters. The molecule has 110 valence electrons. The SMILES string of the molecule is COC(=O)c1cc(NCC2CCCS2(=O)=O)ncc1N. The largest absolute Gasteiger partial charge is 0.465 e. The van der Waals surface area contributed by atoms with E-state index in [0.29, 0.717) is 18.7 Å². The predicted molar refractivity (Wildman–Crippen MR) is 75.3 cm³/mol. The maximum atomic E-state index is 11.7. The number of hydrogen-bond donors (Lipinski definition) is 2. The van der Waals surface area contributed by atoms with E-state index in [0.717, 1.165) is 0 Å². The van der Waals surface area contributed by atoms with Gasteiger partial charge in [0.25, 0.3) is 0 Å². The van der Waals surface area contributed by atoms with E-state index in [1.807, 2.05) is 0 Å². The lowest BCUT2D eigenvalue weighted by Gasteiger charge is -2.12. The summed E-state index contributed by atoms with van der Waals surface area (Å²) < 4.78 is 28.0. The van der Waals surface area contributed by atoms with Gasteiger partial charge in [-0.2, -0.15) is 0 Å². The van der Waals surface area contributed by atoms with E-state index in [9.17, 15) is 13.2 Å². The molecule has 2 heterocycles. The lowest BCUT2D eigenvalue weighted by atomic mass is 10.2. The lowest BCUT2D eigenvalue weighted by molar-refractivity contribution is 0.0602. The number of ether oxygens (including phenoxy) is 1. The Hall–Kier alpha value is -1.83. The Morgan fingerprint density at radius 3 is 2.95 bits per heavy atom. The molecule has 7 nitrogen and oxygen atoms in total. The molecule has 20 heavy (non-hydrogen) atoms. The van der Waals surface area contributed by atoms with Crippen LogP contribution in [-0.2, 0) is 14.6 Å². The van der Waals surface area contributed by atoms with E-state index in [2.05, 4.69) is 15.0 Å². The van der Waals surface area contributed by atoms with Gasteiger partial charge >= 0.3 is 5.97 Å². The van der Waals surface area contributed by atoms with Gasteiger partial charge in [0.2, 0.25) is 0 Å². The average molecular weight is 299 g/mol. The topological polar surface area (TPSA) is 111 Å². The van der Waals surface area contributed by atoms with Crippen LogP contribution in [0.4, 0.5) is 11.5 Å². The number of carbonyl (C=O) groups is 1. The highest BCUT2D eigenvalue weighted by Gasteiger charge is 2.30. The average Bonchev–Trinajstić information content (AvgIpc) is 2.76. The van der Waals surface area contributed by atoms with Gasteiger partial charge in [0, 0.05) is 6.54 Å². The molecule has 1 saturated heterocycles. The summed E-state index contributed by atoms with van der Waals surface area (Å²) in [6.07, 6.45) is 2.68. The normalized spacial score (nSPS) is 20.6. The number of pyridine rings is 1. The van der Waals surface area contributed by atoms with Crippen LogP contribution in [0.1, 0.15) is 23.2 Å². The molecule has 1 aromatic rings. The minimum Gasteiger partial charge on any atom is -0.465 e. The van der Waals surface area contributed by atoms with E-state index in [1.165, 1.54) is 19.4 Å². The summed E-state index contributed by atoms with van der Waals surface area (Å²) in [4.78, 5) is 15.5. The quantitative estimate of drug-likeness (QED) is 0.776. The van der Waals surface area contributed by atoms with Crippen LogP contribution in [-0.4, -0.2) is 44.0 Å². The van der Waals surface area contributed by atoms with Crippen molar-refractivity contribution in [2.45, 2.75) is 18.1 Å². The second kappa shape index (κ2) is 5.66. The van der Waals surface area contributed by atoms with Crippen molar-refractivity contribution in [3.8, 4) is 0 Å². The van der Waals surface area contributed by atoms with E-state index in [1.54, 1.807) is 0 Å². The summed E-state index contributed by atoms with van der Waals surface area (Å²) in [5, 5.41) is 2.54. The number of anilines is 2. The zero-order valence-electron chi connectivity index (χ0n) is 11.1. The monoisotopic (exact) mass is 299 g/mol. The van der Waals surface area contributed by atoms with Gasteiger partial charge in [-0.25, -0.2) is 18.2 Å². The van der Waals surface area contributed by atoms with Crippen molar-refractivity contribution < 1.29 is 17.9 Å². The van der Waals surface area contributed by atoms with Gasteiger partial charge in [-0.15, -0.1) is 0 Å². The Morgan fingerprint density at radius 1 is 1.60 bits per heavy atom. The van der Waals surface area contributed by atoms with Crippen LogP contribution < -0.4 is 11.1 Å². The summed E-state index contributed by atoms with van der Waals surface area (Å²) >= 11 is 0. The van der Waals surface area contributed by atoms with Gasteiger partial charge in [-0.05, 0) is 18.9 Å². The van der Waals surface area contributed by atoms with Crippen molar-refractivity contribution in [1.29, 1.82) is 0 Å². The number of hydrogen-bond acceptors (Lipinski definition) is 7. The fraction of sp³-hybridized carbons (Fsp3) is 0.500. The molecule has 0 radical (unpaired) electrons. The fourth-order valence-corrected chi connectivity index (χ4v) is 3.92. The third kappa shape index (κ3) is 3.01. The van der Waals surface area contributed by atoms with Crippen LogP contribution in [0.25, 0.3) is 0 Å². The second-order valence-electron chi connectivity index (χ2n) is 4.66. The Bertz CT molecular complexity index is 615. The third-order valence-corrected chi connectivity index (χ3v) is 5.59. The summed E-state index contributed by atoms with van der Waals surface area (Å²) in [6.45, 7) is 0.278. The first-order valence-corrected chi connectivity index (χ1v) is 7.95. The maximum absolute atomic E-state index is 11.7. The van der Waals surface area contributed by atoms with E-state index < -0.39 is 21.1 Å². The molecule has 0 aliphatic carbocycles. The minimum absolute atomic E-state index is 0.208. The molecule has 3 N–H and O–H groups in total. The van der Waals surface area contributed by atoms with Gasteiger partial charge in [0.05, 0.1) is 35.6 Å². The van der Waals surface area contributed by atoms with Gasteiger partial charge in [0.1, 0.15) is 5.82 Å². The van der Waals surface area contributed by atoms with E-state index >= 15 is 0 Å². The summed E-state index contributed by atoms with van der Waals surface area (Å²) in [5.41, 5.74) is 6.07. The highest BCUT2D eigenvalue weighted by molar-refractivity contribution is 7.92. The van der Waals surface area contributed by atoms with Crippen LogP contribution in [0.3, 0.4) is 0 Å². The molecule has 1 aliphatic heterocycles. The second-order valence-corrected chi connectivity index (χ2v) is 7.06. The third-order valence-electron chi connectivity index (χ3n) is 3.31. The number of carbonyl (C=O) groups excluding carboxylic acids is 1. The molecular weight excluding hydrogens is 282 g/mol. The predicted octanol–water partition coefficient (Wildman–Crippen LogP) is 0.439. The molecule has 1 fully saturated rings. The van der Waals surface area contributed by atoms with Crippen molar-refractivity contribution in [1.82, 2.24) is 4.98 Å². The standard InChI is InChI=1S/C12H17N3O4S/c1-19-12(16)9-5-11(15-7-10(9)13)14-6-8-3-2-4-20(8,17)18/h5,7-8H,2-4,6,13H2,1H3,(H,14,15). The van der Waals surface area contributed by atoms with Gasteiger partial charge in [-0.3, -0.25) is 0 Å². The molecule has 0 bridgehead atoms. The van der Waals surface area contributed by atoms with Crippen LogP contribution in [0.15, 0.2) is 12.3 Å². The smallest absolute Gasteiger partial charge is 0.340 e. The highest BCUT2D eigenvalue weighted by Crippen LogP contribution is 2.21. The molecule has 0 saturated carbocycles. The van der Waals surface area contributed by atoms with E-state index in [-0.39, 0.29) is 23.5 Å². The first kappa shape index (κ1) is 14.6. The number of esters is 1. The zero-order chi connectivity index (χ0) is 14.8. The van der Waals surface area contributed by atoms with Gasteiger partial charge in [-0.1, -0.05) is 0 Å². The molecule has 1 aromatic heterocycles. The van der Waals surface area contributed by atoms with Gasteiger partial charge in [0.15, 0.2) is 9.84 Å². The molecule has 2 rings (SSSR count). The summed E-state index contributed by atoms with van der Waals surface area (Å²) in [6, 6.07) is 1.46. The Balaban J connectivity index is 2.09. The number of sulfone groups is 1. The number of nitrogens with two attached hydrogens (primary N) is 1. The Kier molecular flexibility index (Phi) is 4.12. The highest BCUT2D eigenvalue weighted by atomic mass is 32.2. The van der Waals surface area contributed by atoms with Crippen molar-refractivity contribution >= 4 is 27.3 Å². The summed E-state index contributed by atoms with van der Waals surface area (Å²) in [5.74, 6) is 0.0881. The summed E-state index contributed by atoms with van der Waals surface area (Å²) in [7, 11) is -1.74. The Morgan fingerprint density at radius 2 is 2.35 bits per heavy atom. The Labute approximate surface area is 117 Å². The number of methoxy groups -OCH3 is 1. The van der Waals surface area contributed by atoms with Crippen molar-refractivity contribution in [2.24, 2.45) is 0 Å². The molecule has 1 aliphatic rings. The number of nitrogens with zero attached hydrogens (tertiary/aromatic N) is 1. The van der Waals surface area contributed by atoms with Crippen LogP contribution in [0.5, 0.6) is 0 Å². The van der Waals surface area contributed by atoms with Crippen molar-refractivity contribution in [3.63, 3.8) is 0 Å². The molecule has 0 spiro atoms. The van der Waals surface area contributed by atoms with Crippen LogP contribution in [0, 0.1) is 0 Å². The fourth-order valence-electron chi connectivity index (χ4n) is 2.16. The molecule has 1 unspecified atom stereocenters. The molecule has 8 heteroatoms. The number of nitrogen functional groups attached to an aromatic ring is 1. The van der Waals surface area contributed by atoms with Gasteiger partial charge < -0.3 is 15.8 Å². The minimum atomic E-state index is -3.00. The first-order chi connectivity index (χ1) is 9.44. The first-order valence-electron chi connectivity index (χ1n) is 6.23. The number of nitrogens with one attached hydrogen (secondary N) is 1. The molecular formula is C12H17N3O4S. The number of rotatable bonds is 4. The van der Waals surface area contributed by atoms with E-state index in [4.69, 9.17) is 5.73 Å².